The summed E-state index contributed by atoms with van der Waals surface area (Å²) in [5.74, 6) is 1.24. The largest absolute Gasteiger partial charge is 0.462 e. The lowest BCUT2D eigenvalue weighted by molar-refractivity contribution is -0.212. The summed E-state index contributed by atoms with van der Waals surface area (Å²) in [5.41, 5.74) is 2.49. The molecule has 5 aliphatic rings. The number of esters is 1. The number of hydrogen-bond acceptors (Lipinski definition) is 6. The summed E-state index contributed by atoms with van der Waals surface area (Å²) in [6.45, 7) is 20.7. The Kier molecular flexibility index (Phi) is 11.1. The summed E-state index contributed by atoms with van der Waals surface area (Å²) in [7, 11) is -4.19. The van der Waals surface area contributed by atoms with Crippen LogP contribution in [0.1, 0.15) is 130 Å². The molecular formula is C52H68NO6P. The molecule has 0 aliphatic heterocycles. The van der Waals surface area contributed by atoms with E-state index < -0.39 is 18.8 Å². The first kappa shape index (κ1) is 42.8. The Bertz CT molecular complexity index is 2110. The van der Waals surface area contributed by atoms with Crippen LogP contribution in [0.5, 0.6) is 11.5 Å². The maximum Gasteiger partial charge on any atom is 0.457 e. The Morgan fingerprint density at radius 2 is 1.37 bits per heavy atom. The van der Waals surface area contributed by atoms with E-state index in [1.54, 1.807) is 31.2 Å². The van der Waals surface area contributed by atoms with Crippen LogP contribution in [0, 0.1) is 63.6 Å². The Morgan fingerprint density at radius 3 is 1.97 bits per heavy atom. The zero-order valence-electron chi connectivity index (χ0n) is 37.5. The number of para-hydroxylation sites is 2. The highest BCUT2D eigenvalue weighted by atomic mass is 31.2. The molecule has 3 aromatic rings. The fraction of sp³-hybridized carbons (Fsp3) is 0.577. The van der Waals surface area contributed by atoms with E-state index in [4.69, 9.17) is 13.8 Å². The van der Waals surface area contributed by atoms with E-state index in [1.165, 1.54) is 5.57 Å². The average molecular weight is 834 g/mol. The third-order valence-electron chi connectivity index (χ3n) is 17.6. The van der Waals surface area contributed by atoms with E-state index in [2.05, 4.69) is 59.9 Å². The van der Waals surface area contributed by atoms with Crippen molar-refractivity contribution in [1.82, 2.24) is 5.32 Å². The van der Waals surface area contributed by atoms with E-state index in [0.29, 0.717) is 34.8 Å². The Labute approximate surface area is 359 Å². The molecule has 0 saturated heterocycles. The second kappa shape index (κ2) is 15.5. The molecule has 0 radical (unpaired) electrons. The van der Waals surface area contributed by atoms with Crippen LogP contribution in [-0.2, 0) is 18.9 Å². The first-order valence-electron chi connectivity index (χ1n) is 22.7. The number of benzene rings is 3. The Balaban J connectivity index is 1.18. The molecule has 11 atom stereocenters. The van der Waals surface area contributed by atoms with Gasteiger partial charge >= 0.3 is 13.6 Å². The van der Waals surface area contributed by atoms with Crippen molar-refractivity contribution in [1.29, 1.82) is 0 Å². The van der Waals surface area contributed by atoms with Crippen molar-refractivity contribution in [3.05, 3.63) is 108 Å². The van der Waals surface area contributed by atoms with Gasteiger partial charge in [-0.1, -0.05) is 126 Å². The number of carbonyl (C=O) groups excluding carboxylic acids is 2. The lowest BCUT2D eigenvalue weighted by Gasteiger charge is -2.71. The van der Waals surface area contributed by atoms with Gasteiger partial charge in [0.2, 0.25) is 5.91 Å². The summed E-state index contributed by atoms with van der Waals surface area (Å²) in [6, 6.07) is 26.1. The predicted molar refractivity (Wildman–Crippen MR) is 238 cm³/mol. The van der Waals surface area contributed by atoms with Gasteiger partial charge in [0.1, 0.15) is 17.6 Å². The Morgan fingerprint density at radius 1 is 0.750 bits per heavy atom. The van der Waals surface area contributed by atoms with E-state index in [9.17, 15) is 4.79 Å². The number of nitrogens with one attached hydrogen (secondary N) is 1. The van der Waals surface area contributed by atoms with Crippen LogP contribution in [-0.4, -0.2) is 18.0 Å². The minimum absolute atomic E-state index is 0.0441. The molecule has 4 fully saturated rings. The molecule has 60 heavy (non-hydrogen) atoms. The van der Waals surface area contributed by atoms with Gasteiger partial charge in [-0.15, -0.1) is 0 Å². The van der Waals surface area contributed by atoms with Gasteiger partial charge in [0.25, 0.3) is 0 Å². The van der Waals surface area contributed by atoms with Crippen LogP contribution in [0.3, 0.4) is 0 Å². The third-order valence-corrected chi connectivity index (χ3v) is 19.6. The Hall–Kier alpha value is -3.83. The molecule has 5 aliphatic carbocycles. The number of amides is 1. The number of aryl methyl sites for hydroxylation is 1. The smallest absolute Gasteiger partial charge is 0.457 e. The predicted octanol–water partition coefficient (Wildman–Crippen LogP) is 13.1. The summed E-state index contributed by atoms with van der Waals surface area (Å²) in [4.78, 5) is 28.0. The van der Waals surface area contributed by atoms with Crippen LogP contribution in [0.4, 0.5) is 0 Å². The SMILES string of the molecule is CC(=O)O[C@H]1CC[C@]2(C)[C@H]3CC=C4[C@@H]5[C@@H](C)[C@H](C)CC[C@]5(C(=O)NC(c5ccc(C)cc5)P(=O)(Oc5ccccc5)Oc5ccccc5)CC[C@@]4(C)[C@]3(C)CC[C@H]2C1(C)C. The van der Waals surface area contributed by atoms with Gasteiger partial charge in [0.05, 0.1) is 5.41 Å². The van der Waals surface area contributed by atoms with Crippen molar-refractivity contribution >= 4 is 19.5 Å². The number of carbonyl (C=O) groups is 2. The van der Waals surface area contributed by atoms with E-state index in [1.807, 2.05) is 67.6 Å². The fourth-order valence-electron chi connectivity index (χ4n) is 14.0. The van der Waals surface area contributed by atoms with E-state index in [0.717, 1.165) is 63.4 Å². The molecule has 322 valence electrons. The molecule has 7 nitrogen and oxygen atoms in total. The van der Waals surface area contributed by atoms with Crippen LogP contribution >= 0.6 is 7.60 Å². The van der Waals surface area contributed by atoms with Gasteiger partial charge in [-0.2, -0.15) is 0 Å². The summed E-state index contributed by atoms with van der Waals surface area (Å²) in [6.07, 6.45) is 11.1. The molecule has 0 bridgehead atoms. The second-order valence-electron chi connectivity index (χ2n) is 20.9. The van der Waals surface area contributed by atoms with Crippen LogP contribution in [0.2, 0.25) is 0 Å². The van der Waals surface area contributed by atoms with Gasteiger partial charge in [-0.05, 0) is 140 Å². The van der Waals surface area contributed by atoms with Crippen LogP contribution in [0.25, 0.3) is 0 Å². The standard InChI is InChI=1S/C52H68NO6P/c1-34-20-22-38(23-21-34)46(60(56,58-39-16-12-10-13-17-39)59-40-18-14-11-15-19-40)53-47(55)52-31-26-35(2)36(3)45(52)41-24-25-43-49(7)29-28-44(57-37(4)54)48(5,6)42(49)27-30-51(43,9)50(41,8)32-33-52/h10-24,35-36,42-46H,25-33H2,1-9H3,(H,53,55)/t35-,36+,42+,43-,44+,45+,46?,49+,50-,51-,52+/m1/s1. The molecule has 1 amide bonds. The van der Waals surface area contributed by atoms with Gasteiger partial charge in [0.15, 0.2) is 5.78 Å². The van der Waals surface area contributed by atoms with Gasteiger partial charge in [-0.3, -0.25) is 9.59 Å². The second-order valence-corrected chi connectivity index (χ2v) is 22.9. The lowest BCUT2D eigenvalue weighted by Crippen LogP contribution is -2.66. The first-order valence-corrected chi connectivity index (χ1v) is 24.3. The number of allylic oxidation sites excluding steroid dienone is 2. The van der Waals surface area contributed by atoms with Crippen molar-refractivity contribution in [2.24, 2.45) is 56.7 Å². The fourth-order valence-corrected chi connectivity index (χ4v) is 15.9. The average Bonchev–Trinajstić information content (AvgIpc) is 3.20. The number of ether oxygens (including phenoxy) is 1. The molecule has 8 rings (SSSR count). The highest BCUT2D eigenvalue weighted by Gasteiger charge is 2.70. The van der Waals surface area contributed by atoms with E-state index in [-0.39, 0.29) is 51.5 Å². The van der Waals surface area contributed by atoms with Crippen LogP contribution in [0.15, 0.2) is 96.6 Å². The number of rotatable bonds is 9. The zero-order valence-corrected chi connectivity index (χ0v) is 38.4. The number of hydrogen-bond donors (Lipinski definition) is 1. The molecule has 4 saturated carbocycles. The molecule has 0 heterocycles. The van der Waals surface area contributed by atoms with Gasteiger partial charge in [-0.25, -0.2) is 4.57 Å². The van der Waals surface area contributed by atoms with Crippen molar-refractivity contribution in [3.8, 4) is 11.5 Å². The summed E-state index contributed by atoms with van der Waals surface area (Å²) in [5, 5.41) is 3.46. The topological polar surface area (TPSA) is 90.9 Å². The molecule has 3 aromatic carbocycles. The highest BCUT2D eigenvalue weighted by molar-refractivity contribution is 7.55. The quantitative estimate of drug-likeness (QED) is 0.131. The lowest BCUT2D eigenvalue weighted by atomic mass is 9.33. The maximum absolute atomic E-state index is 15.8. The third kappa shape index (κ3) is 6.88. The minimum atomic E-state index is -4.19. The monoisotopic (exact) mass is 833 g/mol. The van der Waals surface area contributed by atoms with Crippen LogP contribution < -0.4 is 14.4 Å². The van der Waals surface area contributed by atoms with Crippen molar-refractivity contribution < 1.29 is 27.9 Å². The molecular weight excluding hydrogens is 766 g/mol. The first-order chi connectivity index (χ1) is 28.4. The summed E-state index contributed by atoms with van der Waals surface area (Å²) >= 11 is 0. The molecule has 1 unspecified atom stereocenters. The zero-order chi connectivity index (χ0) is 42.9. The van der Waals surface area contributed by atoms with E-state index >= 15 is 9.36 Å². The van der Waals surface area contributed by atoms with Gasteiger partial charge < -0.3 is 19.1 Å². The summed E-state index contributed by atoms with van der Waals surface area (Å²) < 4.78 is 34.6. The minimum Gasteiger partial charge on any atom is -0.462 e. The van der Waals surface area contributed by atoms with Crippen molar-refractivity contribution in [2.45, 2.75) is 132 Å². The number of fused-ring (bicyclic) bond motifs is 7. The van der Waals surface area contributed by atoms with Crippen molar-refractivity contribution in [3.63, 3.8) is 0 Å². The highest BCUT2D eigenvalue weighted by Crippen LogP contribution is 2.76. The maximum atomic E-state index is 15.8. The molecule has 1 N–H and O–H groups in total. The van der Waals surface area contributed by atoms with Gasteiger partial charge in [0, 0.05) is 12.3 Å². The molecule has 8 heteroatoms. The van der Waals surface area contributed by atoms with Crippen molar-refractivity contribution in [2.75, 3.05) is 0 Å². The normalized spacial score (nSPS) is 36.1. The molecule has 0 aromatic heterocycles. The molecule has 0 spiro atoms.